The maximum atomic E-state index is 11.8. The third-order valence-electron chi connectivity index (χ3n) is 2.34. The second kappa shape index (κ2) is 7.31. The molecule has 0 saturated heterocycles. The van der Waals surface area contributed by atoms with Gasteiger partial charge in [-0.05, 0) is 39.3 Å². The van der Waals surface area contributed by atoms with Crippen molar-refractivity contribution in [2.45, 2.75) is 39.8 Å². The van der Waals surface area contributed by atoms with E-state index in [-0.39, 0.29) is 6.10 Å². The van der Waals surface area contributed by atoms with Gasteiger partial charge in [0.25, 0.3) is 0 Å². The largest absolute Gasteiger partial charge is 0.462 e. The normalized spacial score (nSPS) is 13.9. The molecule has 0 aliphatic carbocycles. The Bertz CT molecular complexity index is 462. The summed E-state index contributed by atoms with van der Waals surface area (Å²) in [5.74, 6) is 0.102. The van der Waals surface area contributed by atoms with E-state index in [1.54, 1.807) is 32.9 Å². The number of esters is 1. The smallest absolute Gasteiger partial charge is 0.323 e. The molecule has 1 aromatic rings. The van der Waals surface area contributed by atoms with Gasteiger partial charge < -0.3 is 9.26 Å². The van der Waals surface area contributed by atoms with E-state index in [4.69, 9.17) is 9.26 Å². The SMILES string of the molecule is Cc1ccccc1O[PH](=O)N[C@@H](C)C(=O)OC(C)C. The van der Waals surface area contributed by atoms with E-state index in [1.165, 1.54) is 0 Å². The van der Waals surface area contributed by atoms with E-state index in [2.05, 4.69) is 5.09 Å². The number of ether oxygens (including phenoxy) is 1. The molecule has 0 radical (unpaired) electrons. The minimum Gasteiger partial charge on any atom is -0.462 e. The standard InChI is InChI=1S/C13H20NO4P/c1-9(2)17-13(15)11(4)14-19(16)18-12-8-6-5-7-10(12)3/h5-9,11,19H,1-4H3,(H,14,16)/t11-/m0/s1. The van der Waals surface area contributed by atoms with Crippen molar-refractivity contribution in [2.75, 3.05) is 0 Å². The van der Waals surface area contributed by atoms with E-state index in [0.717, 1.165) is 5.56 Å². The molecule has 5 nitrogen and oxygen atoms in total. The molecule has 0 amide bonds. The summed E-state index contributed by atoms with van der Waals surface area (Å²) in [5, 5.41) is 2.61. The molecular formula is C13H20NO4P. The first-order valence-electron chi connectivity index (χ1n) is 6.14. The van der Waals surface area contributed by atoms with Crippen LogP contribution in [0.4, 0.5) is 0 Å². The number of hydrogen-bond donors (Lipinski definition) is 1. The summed E-state index contributed by atoms with van der Waals surface area (Å²) in [6, 6.07) is 6.60. The zero-order chi connectivity index (χ0) is 14.4. The summed E-state index contributed by atoms with van der Waals surface area (Å²) in [5.41, 5.74) is 0.889. The number of carbonyl (C=O) groups excluding carboxylic acids is 1. The Balaban J connectivity index is 2.52. The van der Waals surface area contributed by atoms with Crippen molar-refractivity contribution in [1.82, 2.24) is 5.09 Å². The lowest BCUT2D eigenvalue weighted by molar-refractivity contribution is -0.148. The molecule has 1 aromatic carbocycles. The molecule has 2 atom stereocenters. The van der Waals surface area contributed by atoms with Gasteiger partial charge in [0.05, 0.1) is 6.10 Å². The van der Waals surface area contributed by atoms with Crippen molar-refractivity contribution in [3.8, 4) is 5.75 Å². The molecule has 0 saturated carbocycles. The van der Waals surface area contributed by atoms with Crippen LogP contribution in [0.5, 0.6) is 5.75 Å². The maximum Gasteiger partial charge on any atom is 0.323 e. The molecule has 0 aromatic heterocycles. The Kier molecular flexibility index (Phi) is 6.06. The second-order valence-corrected chi connectivity index (χ2v) is 5.57. The molecule has 6 heteroatoms. The van der Waals surface area contributed by atoms with Crippen LogP contribution in [-0.4, -0.2) is 18.1 Å². The lowest BCUT2D eigenvalue weighted by Crippen LogP contribution is -2.33. The van der Waals surface area contributed by atoms with E-state index < -0.39 is 20.2 Å². The molecule has 1 unspecified atom stereocenters. The Morgan fingerprint density at radius 1 is 1.26 bits per heavy atom. The van der Waals surface area contributed by atoms with Crippen molar-refractivity contribution < 1.29 is 18.6 Å². The van der Waals surface area contributed by atoms with Gasteiger partial charge in [0.2, 0.25) is 0 Å². The molecule has 0 aliphatic rings. The number of para-hydroxylation sites is 1. The Hall–Kier alpha value is -1.32. The summed E-state index contributed by atoms with van der Waals surface area (Å²) in [6.07, 6.45) is -0.198. The lowest BCUT2D eigenvalue weighted by atomic mass is 10.2. The molecule has 0 aliphatic heterocycles. The van der Waals surface area contributed by atoms with Crippen LogP contribution in [0.2, 0.25) is 0 Å². The molecule has 0 heterocycles. The Labute approximate surface area is 114 Å². The Morgan fingerprint density at radius 3 is 2.47 bits per heavy atom. The van der Waals surface area contributed by atoms with E-state index in [9.17, 15) is 9.36 Å². The van der Waals surface area contributed by atoms with Crippen molar-refractivity contribution in [3.63, 3.8) is 0 Å². The Morgan fingerprint density at radius 2 is 1.89 bits per heavy atom. The van der Waals surface area contributed by atoms with Gasteiger partial charge in [-0.3, -0.25) is 9.36 Å². The molecule has 0 fully saturated rings. The molecule has 0 spiro atoms. The van der Waals surface area contributed by atoms with Crippen molar-refractivity contribution in [3.05, 3.63) is 29.8 Å². The number of hydrogen-bond acceptors (Lipinski definition) is 4. The fourth-order valence-corrected chi connectivity index (χ4v) is 2.33. The average molecular weight is 285 g/mol. The summed E-state index contributed by atoms with van der Waals surface area (Å²) in [6.45, 7) is 6.98. The highest BCUT2D eigenvalue weighted by Crippen LogP contribution is 2.26. The van der Waals surface area contributed by atoms with E-state index in [0.29, 0.717) is 5.75 Å². The number of nitrogens with one attached hydrogen (secondary N) is 1. The van der Waals surface area contributed by atoms with Gasteiger partial charge in [-0.2, -0.15) is 0 Å². The quantitative estimate of drug-likeness (QED) is 0.643. The number of benzene rings is 1. The summed E-state index contributed by atoms with van der Waals surface area (Å²) in [7, 11) is -2.54. The fourth-order valence-electron chi connectivity index (χ4n) is 1.37. The second-order valence-electron chi connectivity index (χ2n) is 4.51. The molecule has 106 valence electrons. The van der Waals surface area contributed by atoms with Crippen molar-refractivity contribution >= 4 is 14.1 Å². The zero-order valence-corrected chi connectivity index (χ0v) is 12.6. The first-order valence-corrected chi connectivity index (χ1v) is 7.46. The summed E-state index contributed by atoms with van der Waals surface area (Å²) in [4.78, 5) is 11.5. The van der Waals surface area contributed by atoms with Gasteiger partial charge in [0.15, 0.2) is 0 Å². The van der Waals surface area contributed by atoms with Gasteiger partial charge in [-0.25, -0.2) is 5.09 Å². The third kappa shape index (κ3) is 5.45. The summed E-state index contributed by atoms with van der Waals surface area (Å²) < 4.78 is 22.1. The van der Waals surface area contributed by atoms with Crippen LogP contribution in [-0.2, 0) is 14.1 Å². The van der Waals surface area contributed by atoms with Gasteiger partial charge in [0.1, 0.15) is 11.8 Å². The molecular weight excluding hydrogens is 265 g/mol. The van der Waals surface area contributed by atoms with Gasteiger partial charge in [-0.1, -0.05) is 18.2 Å². The van der Waals surface area contributed by atoms with Crippen LogP contribution in [0.3, 0.4) is 0 Å². The highest BCUT2D eigenvalue weighted by Gasteiger charge is 2.18. The predicted octanol–water partition coefficient (Wildman–Crippen LogP) is 2.69. The van der Waals surface area contributed by atoms with Crippen molar-refractivity contribution in [1.29, 1.82) is 0 Å². The maximum absolute atomic E-state index is 11.8. The topological polar surface area (TPSA) is 64.6 Å². The third-order valence-corrected chi connectivity index (χ3v) is 3.41. The van der Waals surface area contributed by atoms with Crippen LogP contribution >= 0.6 is 8.18 Å². The van der Waals surface area contributed by atoms with E-state index in [1.807, 2.05) is 19.1 Å². The number of carbonyl (C=O) groups is 1. The highest BCUT2D eigenvalue weighted by molar-refractivity contribution is 7.37. The summed E-state index contributed by atoms with van der Waals surface area (Å²) >= 11 is 0. The van der Waals surface area contributed by atoms with E-state index >= 15 is 0 Å². The number of aryl methyl sites for hydroxylation is 1. The minimum atomic E-state index is -2.54. The first-order chi connectivity index (χ1) is 8.90. The molecule has 1 N–H and O–H groups in total. The highest BCUT2D eigenvalue weighted by atomic mass is 31.1. The molecule has 19 heavy (non-hydrogen) atoms. The monoisotopic (exact) mass is 285 g/mol. The van der Waals surface area contributed by atoms with Crippen LogP contribution in [0, 0.1) is 6.92 Å². The zero-order valence-electron chi connectivity index (χ0n) is 11.6. The first kappa shape index (κ1) is 15.7. The van der Waals surface area contributed by atoms with Gasteiger partial charge in [0, 0.05) is 0 Å². The van der Waals surface area contributed by atoms with Crippen LogP contribution in [0.15, 0.2) is 24.3 Å². The number of rotatable bonds is 6. The van der Waals surface area contributed by atoms with Gasteiger partial charge in [-0.15, -0.1) is 0 Å². The predicted molar refractivity (Wildman–Crippen MR) is 74.6 cm³/mol. The minimum absolute atomic E-state index is 0.198. The molecule has 1 rings (SSSR count). The van der Waals surface area contributed by atoms with Gasteiger partial charge >= 0.3 is 14.1 Å². The molecule has 0 bridgehead atoms. The van der Waals surface area contributed by atoms with Crippen LogP contribution in [0.1, 0.15) is 26.3 Å². The lowest BCUT2D eigenvalue weighted by Gasteiger charge is -2.16. The van der Waals surface area contributed by atoms with Crippen LogP contribution in [0.25, 0.3) is 0 Å². The average Bonchev–Trinajstić information content (AvgIpc) is 2.31. The van der Waals surface area contributed by atoms with Crippen molar-refractivity contribution in [2.24, 2.45) is 0 Å². The van der Waals surface area contributed by atoms with Crippen LogP contribution < -0.4 is 9.61 Å². The fraction of sp³-hybridized carbons (Fsp3) is 0.462.